The van der Waals surface area contributed by atoms with Crippen molar-refractivity contribution >= 4 is 28.4 Å². The third-order valence-electron chi connectivity index (χ3n) is 6.95. The van der Waals surface area contributed by atoms with Crippen molar-refractivity contribution in [3.05, 3.63) is 76.0 Å². The van der Waals surface area contributed by atoms with Crippen LogP contribution in [0.2, 0.25) is 0 Å². The molecule has 1 aliphatic carbocycles. The van der Waals surface area contributed by atoms with Gasteiger partial charge in [0, 0.05) is 40.7 Å². The highest BCUT2D eigenvalue weighted by atomic mass is 16.6. The van der Waals surface area contributed by atoms with E-state index >= 15 is 0 Å². The van der Waals surface area contributed by atoms with Crippen LogP contribution in [0.3, 0.4) is 0 Å². The lowest BCUT2D eigenvalue weighted by Crippen LogP contribution is -2.39. The molecule has 3 aromatic rings. The number of nitrogens with zero attached hydrogens (tertiary/aromatic N) is 2. The first-order valence-corrected chi connectivity index (χ1v) is 11.9. The molecule has 1 aromatic heterocycles. The van der Waals surface area contributed by atoms with E-state index in [1.807, 2.05) is 39.0 Å². The SMILES string of the molecule is CC(C)(C)OC(=O)N1CC=C(c2ccc3c(c2)C(C)(C)c2[nH]c4cc(C#N)ccc4c2C3=O)CC1. The number of carbonyl (C=O) groups excluding carboxylic acids is 2. The molecule has 0 fully saturated rings. The van der Waals surface area contributed by atoms with Gasteiger partial charge in [-0.2, -0.15) is 5.26 Å². The Hall–Kier alpha value is -3.85. The van der Waals surface area contributed by atoms with E-state index in [4.69, 9.17) is 4.74 Å². The molecule has 0 unspecified atom stereocenters. The van der Waals surface area contributed by atoms with Crippen LogP contribution in [0.5, 0.6) is 0 Å². The summed E-state index contributed by atoms with van der Waals surface area (Å²) in [7, 11) is 0. The standard InChI is InChI=1S/C29H29N3O3/c1-28(2,3)35-27(34)32-12-10-18(11-13-32)19-7-9-20-22(15-19)29(4,5)26-24(25(20)33)21-8-6-17(16-30)14-23(21)31-26/h6-10,14-15,31H,11-13H2,1-5H3. The summed E-state index contributed by atoms with van der Waals surface area (Å²) in [6, 6.07) is 13.7. The van der Waals surface area contributed by atoms with Gasteiger partial charge in [0.2, 0.25) is 0 Å². The second kappa shape index (κ2) is 7.84. The van der Waals surface area contributed by atoms with Gasteiger partial charge in [-0.25, -0.2) is 4.79 Å². The van der Waals surface area contributed by atoms with Crippen LogP contribution in [-0.4, -0.2) is 40.5 Å². The zero-order valence-electron chi connectivity index (χ0n) is 20.8. The van der Waals surface area contributed by atoms with Crippen LogP contribution in [-0.2, 0) is 10.2 Å². The van der Waals surface area contributed by atoms with Crippen molar-refractivity contribution in [2.24, 2.45) is 0 Å². The van der Waals surface area contributed by atoms with Crippen molar-refractivity contribution in [2.45, 2.75) is 52.1 Å². The van der Waals surface area contributed by atoms with E-state index in [1.54, 1.807) is 17.0 Å². The number of aromatic nitrogens is 1. The number of carbonyl (C=O) groups is 2. The van der Waals surface area contributed by atoms with Gasteiger partial charge in [0.05, 0.1) is 17.2 Å². The zero-order valence-corrected chi connectivity index (χ0v) is 20.8. The van der Waals surface area contributed by atoms with Crippen LogP contribution < -0.4 is 0 Å². The Balaban J connectivity index is 1.49. The van der Waals surface area contributed by atoms with Crippen molar-refractivity contribution in [2.75, 3.05) is 13.1 Å². The molecule has 1 amide bonds. The number of ketones is 1. The summed E-state index contributed by atoms with van der Waals surface area (Å²) in [5.74, 6) is 0.00515. The second-order valence-corrected chi connectivity index (χ2v) is 10.9. The summed E-state index contributed by atoms with van der Waals surface area (Å²) in [5.41, 5.74) is 5.93. The molecule has 178 valence electrons. The maximum Gasteiger partial charge on any atom is 0.410 e. The molecule has 0 spiro atoms. The Labute approximate surface area is 205 Å². The van der Waals surface area contributed by atoms with Crippen molar-refractivity contribution in [3.8, 4) is 6.07 Å². The number of nitriles is 1. The van der Waals surface area contributed by atoms with E-state index < -0.39 is 11.0 Å². The number of rotatable bonds is 1. The molecule has 2 heterocycles. The minimum absolute atomic E-state index is 0.00515. The third kappa shape index (κ3) is 3.81. The fourth-order valence-electron chi connectivity index (χ4n) is 5.12. The highest BCUT2D eigenvalue weighted by molar-refractivity contribution is 6.20. The molecule has 6 heteroatoms. The first-order chi connectivity index (χ1) is 16.5. The molecule has 0 saturated carbocycles. The predicted molar refractivity (Wildman–Crippen MR) is 135 cm³/mol. The van der Waals surface area contributed by atoms with Crippen LogP contribution in [0.4, 0.5) is 4.79 Å². The number of hydrogen-bond donors (Lipinski definition) is 1. The molecule has 1 aliphatic heterocycles. The van der Waals surface area contributed by atoms with Gasteiger partial charge in [0.15, 0.2) is 5.78 Å². The van der Waals surface area contributed by atoms with Gasteiger partial charge in [-0.3, -0.25) is 4.79 Å². The highest BCUT2D eigenvalue weighted by Gasteiger charge is 2.40. The van der Waals surface area contributed by atoms with E-state index in [2.05, 4.69) is 37.0 Å². The Kier molecular flexibility index (Phi) is 5.14. The maximum atomic E-state index is 13.6. The first kappa shape index (κ1) is 22.9. The summed E-state index contributed by atoms with van der Waals surface area (Å²) in [5, 5.41) is 10.1. The Morgan fingerprint density at radius 3 is 2.60 bits per heavy atom. The third-order valence-corrected chi connectivity index (χ3v) is 6.95. The molecular weight excluding hydrogens is 438 g/mol. The van der Waals surface area contributed by atoms with Gasteiger partial charge in [-0.1, -0.05) is 38.1 Å². The highest BCUT2D eigenvalue weighted by Crippen LogP contribution is 2.44. The minimum Gasteiger partial charge on any atom is -0.444 e. The van der Waals surface area contributed by atoms with Crippen molar-refractivity contribution < 1.29 is 14.3 Å². The number of nitrogens with one attached hydrogen (secondary N) is 1. The number of hydrogen-bond acceptors (Lipinski definition) is 4. The molecule has 2 aromatic carbocycles. The number of benzene rings is 2. The average molecular weight is 468 g/mol. The van der Waals surface area contributed by atoms with Gasteiger partial charge in [0.25, 0.3) is 0 Å². The summed E-state index contributed by atoms with van der Waals surface area (Å²) >= 11 is 0. The molecule has 35 heavy (non-hydrogen) atoms. The van der Waals surface area contributed by atoms with Crippen LogP contribution in [0, 0.1) is 11.3 Å². The second-order valence-electron chi connectivity index (χ2n) is 10.9. The van der Waals surface area contributed by atoms with Crippen molar-refractivity contribution in [1.29, 1.82) is 5.26 Å². The monoisotopic (exact) mass is 467 g/mol. The van der Waals surface area contributed by atoms with E-state index in [0.29, 0.717) is 29.8 Å². The lowest BCUT2D eigenvalue weighted by atomic mass is 9.70. The Morgan fingerprint density at radius 1 is 1.17 bits per heavy atom. The van der Waals surface area contributed by atoms with Gasteiger partial charge < -0.3 is 14.6 Å². The fraction of sp³-hybridized carbons (Fsp3) is 0.345. The van der Waals surface area contributed by atoms with Crippen molar-refractivity contribution in [3.63, 3.8) is 0 Å². The summed E-state index contributed by atoms with van der Waals surface area (Å²) in [4.78, 5) is 31.2. The van der Waals surface area contributed by atoms with E-state index in [9.17, 15) is 14.9 Å². The van der Waals surface area contributed by atoms with Crippen LogP contribution in [0.15, 0.2) is 42.5 Å². The molecule has 0 bridgehead atoms. The Morgan fingerprint density at radius 2 is 1.94 bits per heavy atom. The van der Waals surface area contributed by atoms with Gasteiger partial charge in [-0.05, 0) is 62.1 Å². The summed E-state index contributed by atoms with van der Waals surface area (Å²) < 4.78 is 5.50. The lowest BCUT2D eigenvalue weighted by molar-refractivity contribution is 0.0270. The first-order valence-electron chi connectivity index (χ1n) is 11.9. The van der Waals surface area contributed by atoms with Gasteiger partial charge >= 0.3 is 6.09 Å². The number of amides is 1. The largest absolute Gasteiger partial charge is 0.444 e. The van der Waals surface area contributed by atoms with Crippen molar-refractivity contribution in [1.82, 2.24) is 9.88 Å². The Bertz CT molecular complexity index is 1460. The fourth-order valence-corrected chi connectivity index (χ4v) is 5.12. The number of aromatic amines is 1. The van der Waals surface area contributed by atoms with E-state index in [0.717, 1.165) is 39.7 Å². The predicted octanol–water partition coefficient (Wildman–Crippen LogP) is 5.93. The molecule has 6 nitrogen and oxygen atoms in total. The topological polar surface area (TPSA) is 86.2 Å². The summed E-state index contributed by atoms with van der Waals surface area (Å²) in [6.07, 6.45) is 2.50. The van der Waals surface area contributed by atoms with Crippen LogP contribution >= 0.6 is 0 Å². The average Bonchev–Trinajstić information content (AvgIpc) is 3.21. The number of H-pyrrole nitrogens is 1. The molecular formula is C29H29N3O3. The summed E-state index contributed by atoms with van der Waals surface area (Å²) in [6.45, 7) is 10.9. The van der Waals surface area contributed by atoms with E-state index in [1.165, 1.54) is 0 Å². The zero-order chi connectivity index (χ0) is 25.1. The number of ether oxygens (including phenoxy) is 1. The van der Waals surface area contributed by atoms with Crippen LogP contribution in [0.1, 0.15) is 79.3 Å². The molecule has 2 aliphatic rings. The normalized spacial score (nSPS) is 16.9. The molecule has 0 atom stereocenters. The maximum absolute atomic E-state index is 13.6. The smallest absolute Gasteiger partial charge is 0.410 e. The van der Waals surface area contributed by atoms with E-state index in [-0.39, 0.29) is 11.9 Å². The lowest BCUT2D eigenvalue weighted by Gasteiger charge is -2.33. The van der Waals surface area contributed by atoms with Gasteiger partial charge in [0.1, 0.15) is 5.60 Å². The number of fused-ring (bicyclic) bond motifs is 4. The van der Waals surface area contributed by atoms with Gasteiger partial charge in [-0.15, -0.1) is 0 Å². The minimum atomic E-state index is -0.519. The molecule has 5 rings (SSSR count). The van der Waals surface area contributed by atoms with Crippen LogP contribution in [0.25, 0.3) is 16.5 Å². The molecule has 0 saturated heterocycles. The molecule has 0 radical (unpaired) electrons. The quantitative estimate of drug-likeness (QED) is 0.480. The molecule has 1 N–H and O–H groups in total.